The lowest BCUT2D eigenvalue weighted by molar-refractivity contribution is -0.122. The molecule has 4 rings (SSSR count). The number of carbonyl (C=O) groups excluding carboxylic acids is 3. The second kappa shape index (κ2) is 13.9. The zero-order chi connectivity index (χ0) is 31.3. The Morgan fingerprint density at radius 2 is 1.70 bits per heavy atom. The summed E-state index contributed by atoms with van der Waals surface area (Å²) in [5.74, 6) is -0.536. The predicted molar refractivity (Wildman–Crippen MR) is 172 cm³/mol. The van der Waals surface area contributed by atoms with Crippen LogP contribution in [-0.2, 0) is 16.2 Å². The number of para-hydroxylation sites is 1. The predicted octanol–water partition coefficient (Wildman–Crippen LogP) is 6.54. The smallest absolute Gasteiger partial charge is 0.251 e. The summed E-state index contributed by atoms with van der Waals surface area (Å²) in [5.41, 5.74) is 4.44. The molecule has 0 aliphatic carbocycles. The Morgan fingerprint density at radius 1 is 0.977 bits per heavy atom. The molecular weight excluding hydrogens is 611 g/mol. The van der Waals surface area contributed by atoms with Crippen LogP contribution in [0.1, 0.15) is 32.7 Å². The van der Waals surface area contributed by atoms with E-state index in [1.807, 2.05) is 26.0 Å². The van der Waals surface area contributed by atoms with Crippen LogP contribution in [0.3, 0.4) is 0 Å². The summed E-state index contributed by atoms with van der Waals surface area (Å²) in [6, 6.07) is 15.5. The molecule has 222 valence electrons. The van der Waals surface area contributed by atoms with Crippen molar-refractivity contribution in [3.8, 4) is 5.75 Å². The number of aromatic nitrogens is 1. The molecular formula is C32H29Cl3N4O4. The van der Waals surface area contributed by atoms with Crippen LogP contribution in [0.4, 0.5) is 5.69 Å². The average Bonchev–Trinajstić information content (AvgIpc) is 3.01. The quantitative estimate of drug-likeness (QED) is 0.203. The number of hydrogen-bond acceptors (Lipinski definition) is 5. The number of ether oxygens (including phenoxy) is 1. The molecule has 0 spiro atoms. The van der Waals surface area contributed by atoms with Crippen LogP contribution >= 0.6 is 34.8 Å². The first-order valence-electron chi connectivity index (χ1n) is 13.2. The fourth-order valence-electron chi connectivity index (χ4n) is 4.21. The lowest BCUT2D eigenvalue weighted by Crippen LogP contribution is -2.37. The van der Waals surface area contributed by atoms with Crippen molar-refractivity contribution in [3.05, 3.63) is 104 Å². The highest BCUT2D eigenvalue weighted by atomic mass is 35.5. The molecule has 43 heavy (non-hydrogen) atoms. The van der Waals surface area contributed by atoms with Gasteiger partial charge in [-0.1, -0.05) is 59.1 Å². The van der Waals surface area contributed by atoms with Crippen molar-refractivity contribution in [2.75, 3.05) is 25.5 Å². The summed E-state index contributed by atoms with van der Waals surface area (Å²) >= 11 is 19.7. The molecule has 0 bridgehead atoms. The van der Waals surface area contributed by atoms with Crippen LogP contribution in [0.25, 0.3) is 17.0 Å². The van der Waals surface area contributed by atoms with Gasteiger partial charge in [-0.15, -0.1) is 0 Å². The van der Waals surface area contributed by atoms with Gasteiger partial charge in [-0.05, 0) is 61.4 Å². The number of nitrogens with one attached hydrogen (secondary N) is 2. The first-order valence-corrected chi connectivity index (χ1v) is 14.3. The Kier molecular flexibility index (Phi) is 10.3. The van der Waals surface area contributed by atoms with E-state index in [0.29, 0.717) is 38.1 Å². The van der Waals surface area contributed by atoms with Gasteiger partial charge in [-0.2, -0.15) is 0 Å². The molecule has 8 nitrogen and oxygen atoms in total. The third-order valence-corrected chi connectivity index (χ3v) is 8.16. The Bertz CT molecular complexity index is 1740. The number of pyridine rings is 1. The van der Waals surface area contributed by atoms with E-state index in [2.05, 4.69) is 15.6 Å². The maximum absolute atomic E-state index is 12.9. The van der Waals surface area contributed by atoms with E-state index in [1.54, 1.807) is 62.6 Å². The zero-order valence-corrected chi connectivity index (χ0v) is 26.2. The molecule has 2 N–H and O–H groups in total. The molecule has 0 fully saturated rings. The molecule has 3 amide bonds. The SMILES string of the molecule is CNC(=O)c1ccc(C=CC(=O)NCC(=O)N(C)c2ccc(Cl)c(COc3cccc4c(Cl)c(C)c(C)nc34)c2Cl)cc1. The van der Waals surface area contributed by atoms with Crippen LogP contribution in [-0.4, -0.2) is 43.3 Å². The van der Waals surface area contributed by atoms with Crippen molar-refractivity contribution in [2.24, 2.45) is 0 Å². The second-order valence-electron chi connectivity index (χ2n) is 9.64. The van der Waals surface area contributed by atoms with Crippen molar-refractivity contribution in [1.29, 1.82) is 0 Å². The van der Waals surface area contributed by atoms with Crippen molar-refractivity contribution >= 4 is 75.2 Å². The first kappa shape index (κ1) is 31.8. The molecule has 4 aromatic rings. The van der Waals surface area contributed by atoms with E-state index in [9.17, 15) is 14.4 Å². The average molecular weight is 640 g/mol. The van der Waals surface area contributed by atoms with Gasteiger partial charge in [0.15, 0.2) is 0 Å². The first-order chi connectivity index (χ1) is 20.5. The summed E-state index contributed by atoms with van der Waals surface area (Å²) in [6.07, 6.45) is 2.90. The normalized spacial score (nSPS) is 11.0. The van der Waals surface area contributed by atoms with Gasteiger partial charge >= 0.3 is 0 Å². The molecule has 3 aromatic carbocycles. The fraction of sp³-hybridized carbons (Fsp3) is 0.188. The van der Waals surface area contributed by atoms with Crippen LogP contribution in [0.5, 0.6) is 5.75 Å². The van der Waals surface area contributed by atoms with E-state index in [4.69, 9.17) is 39.5 Å². The highest BCUT2D eigenvalue weighted by Crippen LogP contribution is 2.36. The number of carbonyl (C=O) groups is 3. The molecule has 0 aliphatic heterocycles. The molecule has 0 radical (unpaired) electrons. The van der Waals surface area contributed by atoms with Gasteiger partial charge < -0.3 is 20.3 Å². The molecule has 1 aromatic heterocycles. The topological polar surface area (TPSA) is 101 Å². The van der Waals surface area contributed by atoms with E-state index in [1.165, 1.54) is 11.0 Å². The highest BCUT2D eigenvalue weighted by Gasteiger charge is 2.20. The zero-order valence-electron chi connectivity index (χ0n) is 23.9. The highest BCUT2D eigenvalue weighted by molar-refractivity contribution is 6.38. The van der Waals surface area contributed by atoms with E-state index in [0.717, 1.165) is 22.2 Å². The van der Waals surface area contributed by atoms with Crippen molar-refractivity contribution in [2.45, 2.75) is 20.5 Å². The maximum atomic E-state index is 12.9. The molecule has 0 unspecified atom stereocenters. The Morgan fingerprint density at radius 3 is 2.40 bits per heavy atom. The Labute approximate surface area is 264 Å². The number of amides is 3. The number of rotatable bonds is 9. The Hall–Kier alpha value is -4.11. The molecule has 1 heterocycles. The third-order valence-electron chi connectivity index (χ3n) is 6.90. The minimum absolute atomic E-state index is 0.0184. The lowest BCUT2D eigenvalue weighted by Gasteiger charge is -2.21. The number of benzene rings is 3. The van der Waals surface area contributed by atoms with Crippen LogP contribution in [0.15, 0.2) is 60.7 Å². The van der Waals surface area contributed by atoms with Crippen molar-refractivity contribution in [1.82, 2.24) is 15.6 Å². The van der Waals surface area contributed by atoms with E-state index >= 15 is 0 Å². The largest absolute Gasteiger partial charge is 0.487 e. The standard InChI is InChI=1S/C32H29Cl3N4O4/c1-18-19(2)38-31-22(29(18)34)6-5-7-26(31)43-17-23-24(33)13-14-25(30(23)35)39(4)28(41)16-37-27(40)15-10-20-8-11-21(12-9-20)32(42)36-3/h5-15H,16-17H2,1-4H3,(H,36,42)(H,37,40). The van der Waals surface area contributed by atoms with E-state index < -0.39 is 11.8 Å². The number of hydrogen-bond donors (Lipinski definition) is 2. The summed E-state index contributed by atoms with van der Waals surface area (Å²) in [4.78, 5) is 42.9. The number of halogens is 3. The van der Waals surface area contributed by atoms with Crippen LogP contribution in [0.2, 0.25) is 15.1 Å². The number of nitrogens with zero attached hydrogens (tertiary/aromatic N) is 2. The van der Waals surface area contributed by atoms with Crippen LogP contribution in [0, 0.1) is 13.8 Å². The lowest BCUT2D eigenvalue weighted by atomic mass is 10.1. The van der Waals surface area contributed by atoms with Crippen molar-refractivity contribution < 1.29 is 19.1 Å². The molecule has 11 heteroatoms. The fourth-order valence-corrected chi connectivity index (χ4v) is 5.10. The van der Waals surface area contributed by atoms with Gasteiger partial charge in [0.05, 0.1) is 22.3 Å². The van der Waals surface area contributed by atoms with Gasteiger partial charge in [0, 0.05) is 47.4 Å². The monoisotopic (exact) mass is 638 g/mol. The van der Waals surface area contributed by atoms with Gasteiger partial charge in [0.2, 0.25) is 11.8 Å². The third kappa shape index (κ3) is 7.28. The summed E-state index contributed by atoms with van der Waals surface area (Å²) in [7, 11) is 3.11. The minimum atomic E-state index is -0.456. The number of aryl methyl sites for hydroxylation is 1. The summed E-state index contributed by atoms with van der Waals surface area (Å²) < 4.78 is 6.10. The Balaban J connectivity index is 1.42. The van der Waals surface area contributed by atoms with Crippen molar-refractivity contribution in [3.63, 3.8) is 0 Å². The molecule has 0 saturated heterocycles. The maximum Gasteiger partial charge on any atom is 0.251 e. The minimum Gasteiger partial charge on any atom is -0.487 e. The summed E-state index contributed by atoms with van der Waals surface area (Å²) in [6.45, 7) is 3.55. The second-order valence-corrected chi connectivity index (χ2v) is 10.8. The summed E-state index contributed by atoms with van der Waals surface area (Å²) in [5, 5.41) is 7.12. The van der Waals surface area contributed by atoms with Gasteiger partial charge in [-0.25, -0.2) is 4.98 Å². The van der Waals surface area contributed by atoms with E-state index in [-0.39, 0.29) is 24.1 Å². The van der Waals surface area contributed by atoms with Gasteiger partial charge in [0.1, 0.15) is 17.9 Å². The number of fused-ring (bicyclic) bond motifs is 1. The van der Waals surface area contributed by atoms with Gasteiger partial charge in [0.25, 0.3) is 5.91 Å². The molecule has 0 aliphatic rings. The van der Waals surface area contributed by atoms with Gasteiger partial charge in [-0.3, -0.25) is 14.4 Å². The molecule has 0 saturated carbocycles. The molecule has 0 atom stereocenters. The number of anilines is 1. The van der Waals surface area contributed by atoms with Crippen LogP contribution < -0.4 is 20.3 Å². The number of likely N-dealkylation sites (N-methyl/N-ethyl adjacent to an activating group) is 1.